The molecule has 16 heavy (non-hydrogen) atoms. The maximum atomic E-state index is 5.33. The summed E-state index contributed by atoms with van der Waals surface area (Å²) in [6, 6.07) is 6.07. The summed E-state index contributed by atoms with van der Waals surface area (Å²) in [6.07, 6.45) is 4.13. The van der Waals surface area contributed by atoms with Crippen LogP contribution in [0.2, 0.25) is 0 Å². The number of ether oxygens (including phenoxy) is 1. The fraction of sp³-hybridized carbons (Fsp3) is 0.417. The lowest BCUT2D eigenvalue weighted by Crippen LogP contribution is -2.35. The van der Waals surface area contributed by atoms with Crippen LogP contribution in [0.3, 0.4) is 0 Å². The molecule has 0 N–H and O–H groups in total. The standard InChI is InChI=1S/C12H15N3O/c1-2-4-15-10-11(13-12(15)3-1)9-14-5-7-16-8-6-14/h1-4,10H,5-9H2. The highest BCUT2D eigenvalue weighted by molar-refractivity contribution is 5.39. The first-order chi connectivity index (χ1) is 7.92. The third-order valence-corrected chi connectivity index (χ3v) is 2.90. The van der Waals surface area contributed by atoms with Gasteiger partial charge in [0, 0.05) is 32.0 Å². The van der Waals surface area contributed by atoms with Crippen molar-refractivity contribution in [2.45, 2.75) is 6.54 Å². The molecule has 0 unspecified atom stereocenters. The summed E-state index contributed by atoms with van der Waals surface area (Å²) in [6.45, 7) is 4.62. The monoisotopic (exact) mass is 217 g/mol. The van der Waals surface area contributed by atoms with Crippen LogP contribution in [0.4, 0.5) is 0 Å². The smallest absolute Gasteiger partial charge is 0.137 e. The number of imidazole rings is 1. The zero-order valence-electron chi connectivity index (χ0n) is 9.17. The molecular formula is C12H15N3O. The molecule has 2 aromatic heterocycles. The van der Waals surface area contributed by atoms with Gasteiger partial charge in [0.2, 0.25) is 0 Å². The molecule has 0 aromatic carbocycles. The zero-order valence-corrected chi connectivity index (χ0v) is 9.17. The normalized spacial score (nSPS) is 18.0. The zero-order chi connectivity index (χ0) is 10.8. The Morgan fingerprint density at radius 1 is 1.25 bits per heavy atom. The van der Waals surface area contributed by atoms with Gasteiger partial charge in [0.25, 0.3) is 0 Å². The average molecular weight is 217 g/mol. The van der Waals surface area contributed by atoms with E-state index in [9.17, 15) is 0 Å². The molecule has 1 aliphatic heterocycles. The van der Waals surface area contributed by atoms with E-state index in [1.807, 2.05) is 24.4 Å². The summed E-state index contributed by atoms with van der Waals surface area (Å²) < 4.78 is 7.39. The molecule has 0 amide bonds. The quantitative estimate of drug-likeness (QED) is 0.756. The van der Waals surface area contributed by atoms with E-state index in [4.69, 9.17) is 4.74 Å². The molecule has 3 heterocycles. The van der Waals surface area contributed by atoms with Crippen LogP contribution in [0.25, 0.3) is 5.65 Å². The molecule has 3 rings (SSSR count). The summed E-state index contributed by atoms with van der Waals surface area (Å²) in [5.74, 6) is 0. The summed E-state index contributed by atoms with van der Waals surface area (Å²) in [7, 11) is 0. The number of fused-ring (bicyclic) bond motifs is 1. The van der Waals surface area contributed by atoms with Gasteiger partial charge in [0.05, 0.1) is 18.9 Å². The first-order valence-corrected chi connectivity index (χ1v) is 5.64. The van der Waals surface area contributed by atoms with Crippen molar-refractivity contribution in [1.82, 2.24) is 14.3 Å². The summed E-state index contributed by atoms with van der Waals surface area (Å²) in [5, 5.41) is 0. The van der Waals surface area contributed by atoms with Crippen LogP contribution in [0.1, 0.15) is 5.69 Å². The molecule has 4 heteroatoms. The van der Waals surface area contributed by atoms with Crippen LogP contribution in [0.5, 0.6) is 0 Å². The minimum atomic E-state index is 0.841. The van der Waals surface area contributed by atoms with Crippen molar-refractivity contribution < 1.29 is 4.74 Å². The number of aromatic nitrogens is 2. The first-order valence-electron chi connectivity index (χ1n) is 5.64. The van der Waals surface area contributed by atoms with Crippen LogP contribution in [0.15, 0.2) is 30.6 Å². The number of pyridine rings is 1. The van der Waals surface area contributed by atoms with Gasteiger partial charge in [-0.3, -0.25) is 4.90 Å². The molecule has 0 aliphatic carbocycles. The minimum Gasteiger partial charge on any atom is -0.379 e. The van der Waals surface area contributed by atoms with Gasteiger partial charge in [-0.05, 0) is 12.1 Å². The van der Waals surface area contributed by atoms with E-state index in [0.29, 0.717) is 0 Å². The van der Waals surface area contributed by atoms with Crippen molar-refractivity contribution in [3.8, 4) is 0 Å². The van der Waals surface area contributed by atoms with Crippen LogP contribution in [0, 0.1) is 0 Å². The lowest BCUT2D eigenvalue weighted by Gasteiger charge is -2.25. The van der Waals surface area contributed by atoms with E-state index in [0.717, 1.165) is 44.2 Å². The predicted molar refractivity (Wildman–Crippen MR) is 61.3 cm³/mol. The largest absolute Gasteiger partial charge is 0.379 e. The lowest BCUT2D eigenvalue weighted by molar-refractivity contribution is 0.0337. The van der Waals surface area contributed by atoms with E-state index >= 15 is 0 Å². The van der Waals surface area contributed by atoms with E-state index < -0.39 is 0 Å². The summed E-state index contributed by atoms with van der Waals surface area (Å²) in [5.41, 5.74) is 2.15. The molecular weight excluding hydrogens is 202 g/mol. The second-order valence-corrected chi connectivity index (χ2v) is 4.09. The van der Waals surface area contributed by atoms with Gasteiger partial charge >= 0.3 is 0 Å². The van der Waals surface area contributed by atoms with Crippen molar-refractivity contribution in [2.75, 3.05) is 26.3 Å². The van der Waals surface area contributed by atoms with Crippen LogP contribution < -0.4 is 0 Å². The summed E-state index contributed by atoms with van der Waals surface area (Å²) in [4.78, 5) is 6.97. The van der Waals surface area contributed by atoms with Crippen molar-refractivity contribution >= 4 is 5.65 Å². The van der Waals surface area contributed by atoms with Gasteiger partial charge < -0.3 is 9.14 Å². The first kappa shape index (κ1) is 9.81. The Morgan fingerprint density at radius 3 is 2.94 bits per heavy atom. The number of nitrogens with zero attached hydrogens (tertiary/aromatic N) is 3. The van der Waals surface area contributed by atoms with Crippen LogP contribution in [-0.4, -0.2) is 40.6 Å². The molecule has 0 saturated carbocycles. The molecule has 2 aromatic rings. The second-order valence-electron chi connectivity index (χ2n) is 4.09. The van der Waals surface area contributed by atoms with Gasteiger partial charge in [-0.25, -0.2) is 4.98 Å². The van der Waals surface area contributed by atoms with Crippen molar-refractivity contribution in [1.29, 1.82) is 0 Å². The topological polar surface area (TPSA) is 29.8 Å². The predicted octanol–water partition coefficient (Wildman–Crippen LogP) is 1.17. The molecule has 0 radical (unpaired) electrons. The van der Waals surface area contributed by atoms with E-state index in [1.165, 1.54) is 0 Å². The molecule has 1 aliphatic rings. The van der Waals surface area contributed by atoms with Crippen molar-refractivity contribution in [3.63, 3.8) is 0 Å². The Labute approximate surface area is 94.5 Å². The van der Waals surface area contributed by atoms with Crippen LogP contribution in [-0.2, 0) is 11.3 Å². The summed E-state index contributed by atoms with van der Waals surface area (Å²) >= 11 is 0. The molecule has 1 fully saturated rings. The third kappa shape index (κ3) is 1.94. The van der Waals surface area contributed by atoms with E-state index in [1.54, 1.807) is 0 Å². The Balaban J connectivity index is 1.78. The Bertz CT molecular complexity index is 441. The second kappa shape index (κ2) is 4.23. The third-order valence-electron chi connectivity index (χ3n) is 2.90. The van der Waals surface area contributed by atoms with Gasteiger partial charge in [0.1, 0.15) is 5.65 Å². The van der Waals surface area contributed by atoms with E-state index in [2.05, 4.69) is 20.5 Å². The van der Waals surface area contributed by atoms with Gasteiger partial charge in [-0.2, -0.15) is 0 Å². The molecule has 0 bridgehead atoms. The molecule has 0 spiro atoms. The van der Waals surface area contributed by atoms with Gasteiger partial charge in [-0.1, -0.05) is 6.07 Å². The maximum absolute atomic E-state index is 5.33. The van der Waals surface area contributed by atoms with Gasteiger partial charge in [0.15, 0.2) is 0 Å². The molecule has 0 atom stereocenters. The average Bonchev–Trinajstić information content (AvgIpc) is 2.72. The van der Waals surface area contributed by atoms with Crippen LogP contribution >= 0.6 is 0 Å². The highest BCUT2D eigenvalue weighted by Gasteiger charge is 2.12. The number of hydrogen-bond acceptors (Lipinski definition) is 3. The van der Waals surface area contributed by atoms with Gasteiger partial charge in [-0.15, -0.1) is 0 Å². The highest BCUT2D eigenvalue weighted by Crippen LogP contribution is 2.08. The van der Waals surface area contributed by atoms with E-state index in [-0.39, 0.29) is 0 Å². The Kier molecular flexibility index (Phi) is 2.60. The highest BCUT2D eigenvalue weighted by atomic mass is 16.5. The number of morpholine rings is 1. The Morgan fingerprint density at radius 2 is 2.12 bits per heavy atom. The number of rotatable bonds is 2. The van der Waals surface area contributed by atoms with Crippen molar-refractivity contribution in [2.24, 2.45) is 0 Å². The SMILES string of the molecule is c1ccn2cc(CN3CCOCC3)nc2c1. The molecule has 1 saturated heterocycles. The fourth-order valence-corrected chi connectivity index (χ4v) is 2.05. The fourth-order valence-electron chi connectivity index (χ4n) is 2.05. The molecule has 4 nitrogen and oxygen atoms in total. The Hall–Kier alpha value is -1.39. The minimum absolute atomic E-state index is 0.841. The number of hydrogen-bond donors (Lipinski definition) is 0. The molecule has 84 valence electrons. The lowest BCUT2D eigenvalue weighted by atomic mass is 10.3. The maximum Gasteiger partial charge on any atom is 0.137 e. The van der Waals surface area contributed by atoms with Crippen molar-refractivity contribution in [3.05, 3.63) is 36.3 Å².